The molecule has 3 heteroatoms. The summed E-state index contributed by atoms with van der Waals surface area (Å²) in [5.74, 6) is 1.48. The SMILES string of the molecule is CCOc1ccccc1OC(CN)c1ccc(C)cc1. The lowest BCUT2D eigenvalue weighted by atomic mass is 10.1. The summed E-state index contributed by atoms with van der Waals surface area (Å²) in [6, 6.07) is 15.9. The third kappa shape index (κ3) is 3.52. The molecule has 0 aromatic heterocycles. The number of nitrogens with two attached hydrogens (primary N) is 1. The van der Waals surface area contributed by atoms with Crippen LogP contribution in [0.4, 0.5) is 0 Å². The van der Waals surface area contributed by atoms with Crippen molar-refractivity contribution in [3.63, 3.8) is 0 Å². The van der Waals surface area contributed by atoms with Crippen LogP contribution in [0.1, 0.15) is 24.2 Å². The Balaban J connectivity index is 2.20. The molecule has 0 radical (unpaired) electrons. The minimum Gasteiger partial charge on any atom is -0.490 e. The van der Waals surface area contributed by atoms with Gasteiger partial charge in [-0.3, -0.25) is 0 Å². The molecule has 2 N–H and O–H groups in total. The molecule has 0 saturated carbocycles. The average Bonchev–Trinajstić information content (AvgIpc) is 2.48. The van der Waals surface area contributed by atoms with E-state index < -0.39 is 0 Å². The summed E-state index contributed by atoms with van der Waals surface area (Å²) in [4.78, 5) is 0. The Hall–Kier alpha value is -2.00. The van der Waals surface area contributed by atoms with Crippen molar-refractivity contribution in [2.24, 2.45) is 5.73 Å². The third-order valence-electron chi connectivity index (χ3n) is 3.08. The van der Waals surface area contributed by atoms with Gasteiger partial charge in [-0.15, -0.1) is 0 Å². The Kier molecular flexibility index (Phi) is 5.02. The van der Waals surface area contributed by atoms with Gasteiger partial charge in [0, 0.05) is 6.54 Å². The molecule has 0 heterocycles. The first-order valence-corrected chi connectivity index (χ1v) is 6.89. The van der Waals surface area contributed by atoms with Crippen molar-refractivity contribution in [3.05, 3.63) is 59.7 Å². The number of rotatable bonds is 6. The molecule has 2 rings (SSSR count). The van der Waals surface area contributed by atoms with Gasteiger partial charge in [-0.05, 0) is 31.5 Å². The molecule has 106 valence electrons. The van der Waals surface area contributed by atoms with Crippen molar-refractivity contribution in [1.29, 1.82) is 0 Å². The van der Waals surface area contributed by atoms with E-state index in [0.717, 1.165) is 17.1 Å². The molecule has 1 unspecified atom stereocenters. The predicted octanol–water partition coefficient (Wildman–Crippen LogP) is 3.47. The van der Waals surface area contributed by atoms with E-state index in [0.29, 0.717) is 13.2 Å². The van der Waals surface area contributed by atoms with E-state index >= 15 is 0 Å². The topological polar surface area (TPSA) is 44.5 Å². The summed E-state index contributed by atoms with van der Waals surface area (Å²) in [6.07, 6.45) is -0.169. The Morgan fingerprint density at radius 3 is 2.25 bits per heavy atom. The van der Waals surface area contributed by atoms with E-state index in [2.05, 4.69) is 31.2 Å². The fourth-order valence-corrected chi connectivity index (χ4v) is 2.01. The first-order valence-electron chi connectivity index (χ1n) is 6.89. The van der Waals surface area contributed by atoms with Crippen molar-refractivity contribution in [3.8, 4) is 11.5 Å². The Bertz CT molecular complexity index is 537. The summed E-state index contributed by atoms with van der Waals surface area (Å²) in [6.45, 7) is 5.05. The lowest BCUT2D eigenvalue weighted by Crippen LogP contribution is -2.18. The van der Waals surface area contributed by atoms with E-state index in [9.17, 15) is 0 Å². The third-order valence-corrected chi connectivity index (χ3v) is 3.08. The van der Waals surface area contributed by atoms with Crippen LogP contribution in [0, 0.1) is 6.92 Å². The maximum Gasteiger partial charge on any atom is 0.162 e. The van der Waals surface area contributed by atoms with Crippen LogP contribution in [-0.4, -0.2) is 13.2 Å². The smallest absolute Gasteiger partial charge is 0.162 e. The lowest BCUT2D eigenvalue weighted by molar-refractivity contribution is 0.200. The Morgan fingerprint density at radius 2 is 1.65 bits per heavy atom. The maximum atomic E-state index is 6.02. The number of ether oxygens (including phenoxy) is 2. The van der Waals surface area contributed by atoms with Crippen LogP contribution < -0.4 is 15.2 Å². The minimum atomic E-state index is -0.169. The zero-order valence-corrected chi connectivity index (χ0v) is 12.0. The van der Waals surface area contributed by atoms with E-state index in [1.165, 1.54) is 5.56 Å². The van der Waals surface area contributed by atoms with Gasteiger partial charge >= 0.3 is 0 Å². The first-order chi connectivity index (χ1) is 9.74. The molecule has 20 heavy (non-hydrogen) atoms. The van der Waals surface area contributed by atoms with Crippen LogP contribution in [-0.2, 0) is 0 Å². The predicted molar refractivity (Wildman–Crippen MR) is 81.2 cm³/mol. The van der Waals surface area contributed by atoms with Crippen LogP contribution in [0.3, 0.4) is 0 Å². The fourth-order valence-electron chi connectivity index (χ4n) is 2.01. The molecule has 0 aliphatic carbocycles. The summed E-state index contributed by atoms with van der Waals surface area (Å²) >= 11 is 0. The van der Waals surface area contributed by atoms with Crippen molar-refractivity contribution >= 4 is 0 Å². The fraction of sp³-hybridized carbons (Fsp3) is 0.294. The maximum absolute atomic E-state index is 6.02. The number of para-hydroxylation sites is 2. The van der Waals surface area contributed by atoms with Gasteiger partial charge in [0.05, 0.1) is 6.61 Å². The summed E-state index contributed by atoms with van der Waals surface area (Å²) in [7, 11) is 0. The molecule has 2 aromatic carbocycles. The average molecular weight is 271 g/mol. The van der Waals surface area contributed by atoms with Gasteiger partial charge in [0.2, 0.25) is 0 Å². The zero-order valence-electron chi connectivity index (χ0n) is 12.0. The largest absolute Gasteiger partial charge is 0.490 e. The van der Waals surface area contributed by atoms with Crippen LogP contribution >= 0.6 is 0 Å². The number of hydrogen-bond donors (Lipinski definition) is 1. The van der Waals surface area contributed by atoms with Gasteiger partial charge in [-0.2, -0.15) is 0 Å². The van der Waals surface area contributed by atoms with E-state index in [1.807, 2.05) is 31.2 Å². The number of aryl methyl sites for hydroxylation is 1. The van der Waals surface area contributed by atoms with E-state index in [-0.39, 0.29) is 6.10 Å². The molecule has 0 spiro atoms. The highest BCUT2D eigenvalue weighted by Crippen LogP contribution is 2.30. The molecule has 0 fully saturated rings. The van der Waals surface area contributed by atoms with Gasteiger partial charge in [-0.1, -0.05) is 42.0 Å². The summed E-state index contributed by atoms with van der Waals surface area (Å²) < 4.78 is 11.6. The molecule has 0 bridgehead atoms. The van der Waals surface area contributed by atoms with Gasteiger partial charge in [0.1, 0.15) is 6.10 Å². The van der Waals surface area contributed by atoms with E-state index in [4.69, 9.17) is 15.2 Å². The monoisotopic (exact) mass is 271 g/mol. The molecule has 2 aromatic rings. The number of hydrogen-bond acceptors (Lipinski definition) is 3. The molecule has 3 nitrogen and oxygen atoms in total. The standard InChI is InChI=1S/C17H21NO2/c1-3-19-15-6-4-5-7-16(15)20-17(12-18)14-10-8-13(2)9-11-14/h4-11,17H,3,12,18H2,1-2H3. The van der Waals surface area contributed by atoms with Crippen molar-refractivity contribution in [1.82, 2.24) is 0 Å². The summed E-state index contributed by atoms with van der Waals surface area (Å²) in [5.41, 5.74) is 8.14. The summed E-state index contributed by atoms with van der Waals surface area (Å²) in [5, 5.41) is 0. The second-order valence-corrected chi connectivity index (χ2v) is 4.63. The molecule has 0 amide bonds. The van der Waals surface area contributed by atoms with Gasteiger partial charge in [0.15, 0.2) is 11.5 Å². The highest BCUT2D eigenvalue weighted by molar-refractivity contribution is 5.40. The lowest BCUT2D eigenvalue weighted by Gasteiger charge is -2.20. The zero-order chi connectivity index (χ0) is 14.4. The second kappa shape index (κ2) is 6.96. The van der Waals surface area contributed by atoms with Gasteiger partial charge in [-0.25, -0.2) is 0 Å². The Morgan fingerprint density at radius 1 is 1.00 bits per heavy atom. The molecular formula is C17H21NO2. The van der Waals surface area contributed by atoms with Crippen LogP contribution in [0.5, 0.6) is 11.5 Å². The van der Waals surface area contributed by atoms with Crippen molar-refractivity contribution in [2.75, 3.05) is 13.2 Å². The second-order valence-electron chi connectivity index (χ2n) is 4.63. The molecular weight excluding hydrogens is 250 g/mol. The van der Waals surface area contributed by atoms with Gasteiger partial charge < -0.3 is 15.2 Å². The Labute approximate surface area is 120 Å². The molecule has 0 aliphatic heterocycles. The highest BCUT2D eigenvalue weighted by Gasteiger charge is 2.14. The molecule has 0 aliphatic rings. The van der Waals surface area contributed by atoms with E-state index in [1.54, 1.807) is 0 Å². The van der Waals surface area contributed by atoms with Gasteiger partial charge in [0.25, 0.3) is 0 Å². The van der Waals surface area contributed by atoms with Crippen LogP contribution in [0.25, 0.3) is 0 Å². The van der Waals surface area contributed by atoms with Crippen LogP contribution in [0.2, 0.25) is 0 Å². The van der Waals surface area contributed by atoms with Crippen molar-refractivity contribution < 1.29 is 9.47 Å². The first kappa shape index (κ1) is 14.4. The van der Waals surface area contributed by atoms with Crippen LogP contribution in [0.15, 0.2) is 48.5 Å². The quantitative estimate of drug-likeness (QED) is 0.875. The molecule has 0 saturated heterocycles. The van der Waals surface area contributed by atoms with Crippen molar-refractivity contribution in [2.45, 2.75) is 20.0 Å². The number of benzene rings is 2. The minimum absolute atomic E-state index is 0.169. The molecule has 1 atom stereocenters. The normalized spacial score (nSPS) is 11.9. The highest BCUT2D eigenvalue weighted by atomic mass is 16.5.